The van der Waals surface area contributed by atoms with Gasteiger partial charge in [0.15, 0.2) is 11.5 Å². The van der Waals surface area contributed by atoms with Crippen molar-refractivity contribution in [2.24, 2.45) is 0 Å². The maximum absolute atomic E-state index is 12.7. The maximum atomic E-state index is 12.7. The Morgan fingerprint density at radius 2 is 1.89 bits per heavy atom. The SMILES string of the molecule is C=C(C)C(=O)Nc1sc2c(c1C(=O)OCC)-c1cc(OC)c(OC)cc1C2. The summed E-state index contributed by atoms with van der Waals surface area (Å²) < 4.78 is 16.0. The maximum Gasteiger partial charge on any atom is 0.341 e. The summed E-state index contributed by atoms with van der Waals surface area (Å²) in [7, 11) is 3.16. The van der Waals surface area contributed by atoms with E-state index in [1.165, 1.54) is 11.3 Å². The molecule has 1 N–H and O–H groups in total. The number of hydrogen-bond acceptors (Lipinski definition) is 6. The summed E-state index contributed by atoms with van der Waals surface area (Å²) in [5.74, 6) is 0.431. The highest BCUT2D eigenvalue weighted by Crippen LogP contribution is 2.50. The summed E-state index contributed by atoms with van der Waals surface area (Å²) in [5, 5.41) is 3.26. The van der Waals surface area contributed by atoms with Gasteiger partial charge in [-0.05, 0) is 37.1 Å². The number of rotatable bonds is 6. The number of benzene rings is 1. The van der Waals surface area contributed by atoms with Crippen molar-refractivity contribution in [3.05, 3.63) is 40.3 Å². The molecule has 0 saturated heterocycles. The van der Waals surface area contributed by atoms with Crippen molar-refractivity contribution in [1.82, 2.24) is 0 Å². The number of nitrogens with one attached hydrogen (secondary N) is 1. The molecule has 0 radical (unpaired) electrons. The van der Waals surface area contributed by atoms with Crippen molar-refractivity contribution < 1.29 is 23.8 Å². The van der Waals surface area contributed by atoms with E-state index in [-0.39, 0.29) is 12.5 Å². The predicted molar refractivity (Wildman–Crippen MR) is 105 cm³/mol. The first-order valence-corrected chi connectivity index (χ1v) is 9.27. The van der Waals surface area contributed by atoms with Gasteiger partial charge in [-0.3, -0.25) is 4.79 Å². The number of esters is 1. The molecule has 1 aliphatic rings. The van der Waals surface area contributed by atoms with Crippen LogP contribution in [0.25, 0.3) is 11.1 Å². The van der Waals surface area contributed by atoms with Gasteiger partial charge < -0.3 is 19.5 Å². The zero-order valence-electron chi connectivity index (χ0n) is 15.7. The van der Waals surface area contributed by atoms with Gasteiger partial charge in [-0.15, -0.1) is 11.3 Å². The number of hydrogen-bond donors (Lipinski definition) is 1. The van der Waals surface area contributed by atoms with Gasteiger partial charge in [0.1, 0.15) is 10.6 Å². The molecule has 6 nitrogen and oxygen atoms in total. The van der Waals surface area contributed by atoms with E-state index in [2.05, 4.69) is 11.9 Å². The quantitative estimate of drug-likeness (QED) is 0.511. The van der Waals surface area contributed by atoms with Crippen LogP contribution >= 0.6 is 11.3 Å². The van der Waals surface area contributed by atoms with Crippen LogP contribution in [0, 0.1) is 0 Å². The van der Waals surface area contributed by atoms with E-state index in [9.17, 15) is 9.59 Å². The van der Waals surface area contributed by atoms with Gasteiger partial charge >= 0.3 is 5.97 Å². The second kappa shape index (κ2) is 7.44. The van der Waals surface area contributed by atoms with Crippen molar-refractivity contribution >= 4 is 28.2 Å². The van der Waals surface area contributed by atoms with Crippen LogP contribution < -0.4 is 14.8 Å². The molecule has 1 heterocycles. The fraction of sp³-hybridized carbons (Fsp3) is 0.300. The van der Waals surface area contributed by atoms with E-state index in [1.54, 1.807) is 28.1 Å². The molecule has 2 aromatic rings. The Morgan fingerprint density at radius 1 is 1.22 bits per heavy atom. The first-order chi connectivity index (χ1) is 12.9. The van der Waals surface area contributed by atoms with Crippen molar-refractivity contribution in [1.29, 1.82) is 0 Å². The lowest BCUT2D eigenvalue weighted by Gasteiger charge is -2.12. The van der Waals surface area contributed by atoms with Crippen LogP contribution in [0.4, 0.5) is 5.00 Å². The van der Waals surface area contributed by atoms with Crippen molar-refractivity contribution in [2.75, 3.05) is 26.1 Å². The summed E-state index contributed by atoms with van der Waals surface area (Å²) in [6, 6.07) is 3.78. The molecular weight excluding hydrogens is 366 g/mol. The third kappa shape index (κ3) is 3.30. The molecule has 1 aliphatic carbocycles. The predicted octanol–water partition coefficient (Wildman–Crippen LogP) is 4.03. The summed E-state index contributed by atoms with van der Waals surface area (Å²) >= 11 is 1.38. The molecule has 0 unspecified atom stereocenters. The zero-order valence-corrected chi connectivity index (χ0v) is 16.5. The zero-order chi connectivity index (χ0) is 19.7. The van der Waals surface area contributed by atoms with Gasteiger partial charge in [-0.25, -0.2) is 4.79 Å². The Morgan fingerprint density at radius 3 is 2.48 bits per heavy atom. The number of carbonyl (C=O) groups excluding carboxylic acids is 2. The number of ether oxygens (including phenoxy) is 3. The number of carbonyl (C=O) groups is 2. The van der Waals surface area contributed by atoms with Crippen LogP contribution in [-0.2, 0) is 16.0 Å². The second-order valence-corrected chi connectivity index (χ2v) is 7.21. The number of thiophene rings is 1. The molecule has 0 aliphatic heterocycles. The first-order valence-electron chi connectivity index (χ1n) is 8.46. The van der Waals surface area contributed by atoms with Gasteiger partial charge in [-0.1, -0.05) is 6.58 Å². The standard InChI is InChI=1S/C20H21NO5S/c1-6-26-20(23)17-16-12-9-14(25-5)13(24-4)7-11(12)8-15(16)27-19(17)21-18(22)10(2)3/h7,9H,2,6,8H2,1,3-5H3,(H,21,22). The fourth-order valence-corrected chi connectivity index (χ4v) is 4.28. The minimum atomic E-state index is -0.463. The lowest BCUT2D eigenvalue weighted by Crippen LogP contribution is -2.14. The van der Waals surface area contributed by atoms with Crippen molar-refractivity contribution in [3.8, 4) is 22.6 Å². The van der Waals surface area contributed by atoms with Gasteiger partial charge in [0, 0.05) is 22.4 Å². The van der Waals surface area contributed by atoms with E-state index in [4.69, 9.17) is 14.2 Å². The molecule has 0 spiro atoms. The summed E-state index contributed by atoms with van der Waals surface area (Å²) in [5.41, 5.74) is 3.45. The van der Waals surface area contributed by atoms with E-state index >= 15 is 0 Å². The van der Waals surface area contributed by atoms with E-state index in [0.717, 1.165) is 21.6 Å². The smallest absolute Gasteiger partial charge is 0.341 e. The normalized spacial score (nSPS) is 11.4. The van der Waals surface area contributed by atoms with Gasteiger partial charge in [0.2, 0.25) is 0 Å². The van der Waals surface area contributed by atoms with Gasteiger partial charge in [0.05, 0.1) is 20.8 Å². The molecule has 27 heavy (non-hydrogen) atoms. The molecule has 0 saturated carbocycles. The lowest BCUT2D eigenvalue weighted by molar-refractivity contribution is -0.112. The van der Waals surface area contributed by atoms with Crippen LogP contribution in [0.2, 0.25) is 0 Å². The molecule has 0 bridgehead atoms. The molecule has 0 atom stereocenters. The molecule has 1 amide bonds. The van der Waals surface area contributed by atoms with Crippen LogP contribution in [0.1, 0.15) is 34.6 Å². The van der Waals surface area contributed by atoms with Crippen LogP contribution in [0.15, 0.2) is 24.3 Å². The second-order valence-electron chi connectivity index (χ2n) is 6.10. The van der Waals surface area contributed by atoms with E-state index in [0.29, 0.717) is 34.1 Å². The van der Waals surface area contributed by atoms with E-state index < -0.39 is 5.97 Å². The minimum absolute atomic E-state index is 0.246. The monoisotopic (exact) mass is 387 g/mol. The highest BCUT2D eigenvalue weighted by Gasteiger charge is 2.33. The minimum Gasteiger partial charge on any atom is -0.493 e. The van der Waals surface area contributed by atoms with Crippen molar-refractivity contribution in [3.63, 3.8) is 0 Å². The highest BCUT2D eigenvalue weighted by molar-refractivity contribution is 7.17. The van der Waals surface area contributed by atoms with Crippen molar-refractivity contribution in [2.45, 2.75) is 20.3 Å². The number of anilines is 1. The van der Waals surface area contributed by atoms with Crippen LogP contribution in [0.3, 0.4) is 0 Å². The Bertz CT molecular complexity index is 944. The number of amides is 1. The molecule has 142 valence electrons. The topological polar surface area (TPSA) is 73.9 Å². The average Bonchev–Trinajstić information content (AvgIpc) is 3.15. The van der Waals surface area contributed by atoms with E-state index in [1.807, 2.05) is 12.1 Å². The fourth-order valence-electron chi connectivity index (χ4n) is 3.06. The van der Waals surface area contributed by atoms with Gasteiger partial charge in [-0.2, -0.15) is 0 Å². The largest absolute Gasteiger partial charge is 0.493 e. The average molecular weight is 387 g/mol. The van der Waals surface area contributed by atoms with Crippen LogP contribution in [0.5, 0.6) is 11.5 Å². The lowest BCUT2D eigenvalue weighted by atomic mass is 10.0. The summed E-state index contributed by atoms with van der Waals surface area (Å²) in [6.45, 7) is 7.26. The molecular formula is C20H21NO5S. The summed E-state index contributed by atoms with van der Waals surface area (Å²) in [4.78, 5) is 25.8. The summed E-state index contributed by atoms with van der Waals surface area (Å²) in [6.07, 6.45) is 0.644. The molecule has 1 aromatic carbocycles. The molecule has 3 rings (SSSR count). The molecule has 0 fully saturated rings. The van der Waals surface area contributed by atoms with Gasteiger partial charge in [0.25, 0.3) is 5.91 Å². The third-order valence-electron chi connectivity index (χ3n) is 4.31. The number of methoxy groups -OCH3 is 2. The third-order valence-corrected chi connectivity index (χ3v) is 5.41. The van der Waals surface area contributed by atoms with Crippen LogP contribution in [-0.4, -0.2) is 32.7 Å². The number of fused-ring (bicyclic) bond motifs is 3. The Kier molecular flexibility index (Phi) is 5.23. The Balaban J connectivity index is 2.16. The Hall–Kier alpha value is -2.80. The Labute approximate surface area is 161 Å². The highest BCUT2D eigenvalue weighted by atomic mass is 32.1. The first kappa shape index (κ1) is 19.0. The molecule has 7 heteroatoms. The molecule has 1 aromatic heterocycles.